The number of ether oxygens (including phenoxy) is 1. The summed E-state index contributed by atoms with van der Waals surface area (Å²) < 4.78 is 5.41. The summed E-state index contributed by atoms with van der Waals surface area (Å²) in [7, 11) is 0. The monoisotopic (exact) mass is 293 g/mol. The van der Waals surface area contributed by atoms with E-state index in [1.54, 1.807) is 0 Å². The summed E-state index contributed by atoms with van der Waals surface area (Å²) >= 11 is 5.99. The minimum absolute atomic E-state index is 0.109. The van der Waals surface area contributed by atoms with Crippen molar-refractivity contribution in [2.24, 2.45) is 5.92 Å². The topological polar surface area (TPSA) is 55.3 Å². The molecule has 1 aromatic heterocycles. The van der Waals surface area contributed by atoms with Crippen molar-refractivity contribution in [3.63, 3.8) is 0 Å². The molecule has 1 unspecified atom stereocenters. The molecule has 1 atom stereocenters. The molecule has 5 nitrogen and oxygen atoms in total. The van der Waals surface area contributed by atoms with Crippen molar-refractivity contribution in [1.82, 2.24) is 10.2 Å². The lowest BCUT2D eigenvalue weighted by molar-refractivity contribution is -0.121. The first-order valence-electron chi connectivity index (χ1n) is 7.19. The minimum atomic E-state index is -0.109. The Bertz CT molecular complexity index is 555. The quantitative estimate of drug-likeness (QED) is 0.838. The second kappa shape index (κ2) is 4.67. The van der Waals surface area contributed by atoms with Crippen LogP contribution in [0, 0.1) is 5.92 Å². The maximum absolute atomic E-state index is 12.8. The molecule has 0 bridgehead atoms. The fourth-order valence-corrected chi connectivity index (χ4v) is 3.52. The molecule has 0 N–H and O–H groups in total. The van der Waals surface area contributed by atoms with Crippen molar-refractivity contribution in [2.75, 3.05) is 18.1 Å². The molecule has 0 radical (unpaired) electrons. The van der Waals surface area contributed by atoms with Gasteiger partial charge in [-0.15, -0.1) is 10.2 Å². The number of nitrogens with zero attached hydrogens (tertiary/aromatic N) is 3. The summed E-state index contributed by atoms with van der Waals surface area (Å²) in [6.07, 6.45) is 3.98. The maximum atomic E-state index is 12.8. The molecule has 3 heterocycles. The van der Waals surface area contributed by atoms with E-state index in [1.165, 1.54) is 0 Å². The third-order valence-corrected chi connectivity index (χ3v) is 4.67. The molecule has 1 aliphatic carbocycles. The number of rotatable bonds is 2. The van der Waals surface area contributed by atoms with Crippen molar-refractivity contribution in [3.05, 3.63) is 16.8 Å². The largest absolute Gasteiger partial charge is 0.381 e. The summed E-state index contributed by atoms with van der Waals surface area (Å²) in [4.78, 5) is 14.7. The average molecular weight is 294 g/mol. The highest BCUT2D eigenvalue weighted by Gasteiger charge is 2.48. The van der Waals surface area contributed by atoms with Crippen LogP contribution in [0.3, 0.4) is 0 Å². The summed E-state index contributed by atoms with van der Waals surface area (Å²) in [6.45, 7) is 1.47. The Balaban J connectivity index is 1.75. The number of carbonyl (C=O) groups excluding carboxylic acids is 1. The Morgan fingerprint density at radius 1 is 1.20 bits per heavy atom. The summed E-state index contributed by atoms with van der Waals surface area (Å²) in [5.41, 5.74) is 0.966. The number of aromatic nitrogens is 2. The Morgan fingerprint density at radius 3 is 2.65 bits per heavy atom. The molecule has 1 amide bonds. The number of hydrogen-bond donors (Lipinski definition) is 0. The first kappa shape index (κ1) is 12.5. The molecule has 4 rings (SSSR count). The predicted octanol–water partition coefficient (Wildman–Crippen LogP) is 2.15. The SMILES string of the molecule is O=C1C(C2CCOCC2)c2cc(Cl)nnc2N1C1CC1. The van der Waals surface area contributed by atoms with E-state index in [0.29, 0.717) is 17.1 Å². The lowest BCUT2D eigenvalue weighted by Gasteiger charge is -2.27. The van der Waals surface area contributed by atoms with Gasteiger partial charge in [-0.1, -0.05) is 11.6 Å². The molecule has 1 aromatic rings. The molecule has 1 saturated heterocycles. The van der Waals surface area contributed by atoms with Crippen LogP contribution >= 0.6 is 11.6 Å². The van der Waals surface area contributed by atoms with Gasteiger partial charge in [-0.05, 0) is 37.7 Å². The van der Waals surface area contributed by atoms with E-state index in [2.05, 4.69) is 10.2 Å². The molecular formula is C14H16ClN3O2. The van der Waals surface area contributed by atoms with Gasteiger partial charge >= 0.3 is 0 Å². The fourth-order valence-electron chi connectivity index (χ4n) is 3.37. The van der Waals surface area contributed by atoms with Gasteiger partial charge in [0.05, 0.1) is 5.92 Å². The van der Waals surface area contributed by atoms with Crippen LogP contribution in [0.25, 0.3) is 0 Å². The van der Waals surface area contributed by atoms with Crippen molar-refractivity contribution in [1.29, 1.82) is 0 Å². The number of hydrogen-bond acceptors (Lipinski definition) is 4. The zero-order chi connectivity index (χ0) is 13.7. The highest BCUT2D eigenvalue weighted by Crippen LogP contribution is 2.47. The molecule has 0 aromatic carbocycles. The van der Waals surface area contributed by atoms with Crippen LogP contribution in [-0.2, 0) is 9.53 Å². The second-order valence-corrected chi connectivity index (χ2v) is 6.20. The lowest BCUT2D eigenvalue weighted by atomic mass is 9.83. The molecule has 2 fully saturated rings. The van der Waals surface area contributed by atoms with Gasteiger partial charge < -0.3 is 4.74 Å². The third kappa shape index (κ3) is 1.91. The van der Waals surface area contributed by atoms with Crippen molar-refractivity contribution in [2.45, 2.75) is 37.6 Å². The second-order valence-electron chi connectivity index (χ2n) is 5.81. The average Bonchev–Trinajstić information content (AvgIpc) is 3.24. The van der Waals surface area contributed by atoms with E-state index in [9.17, 15) is 4.79 Å². The number of halogens is 1. The number of carbonyl (C=O) groups is 1. The zero-order valence-corrected chi connectivity index (χ0v) is 11.8. The van der Waals surface area contributed by atoms with Crippen LogP contribution in [0.2, 0.25) is 5.15 Å². The standard InChI is InChI=1S/C14H16ClN3O2/c15-11-7-10-12(8-3-5-20-6-4-8)14(19)18(9-1-2-9)13(10)17-16-11/h7-9,12H,1-6H2. The number of anilines is 1. The van der Waals surface area contributed by atoms with Crippen LogP contribution in [0.4, 0.5) is 5.82 Å². The van der Waals surface area contributed by atoms with Gasteiger partial charge in [0.15, 0.2) is 11.0 Å². The van der Waals surface area contributed by atoms with E-state index >= 15 is 0 Å². The van der Waals surface area contributed by atoms with E-state index in [0.717, 1.165) is 50.3 Å². The van der Waals surface area contributed by atoms with Crippen molar-refractivity contribution >= 4 is 23.3 Å². The van der Waals surface area contributed by atoms with Crippen LogP contribution < -0.4 is 4.90 Å². The number of amides is 1. The smallest absolute Gasteiger partial charge is 0.236 e. The molecule has 1 saturated carbocycles. The van der Waals surface area contributed by atoms with Gasteiger partial charge in [-0.3, -0.25) is 9.69 Å². The van der Waals surface area contributed by atoms with E-state index in [1.807, 2.05) is 11.0 Å². The van der Waals surface area contributed by atoms with Crippen molar-refractivity contribution < 1.29 is 9.53 Å². The normalized spacial score (nSPS) is 26.9. The summed E-state index contributed by atoms with van der Waals surface area (Å²) in [6, 6.07) is 2.14. The van der Waals surface area contributed by atoms with Gasteiger partial charge in [0, 0.05) is 24.8 Å². The summed E-state index contributed by atoms with van der Waals surface area (Å²) in [5, 5.41) is 8.48. The first-order chi connectivity index (χ1) is 9.75. The van der Waals surface area contributed by atoms with E-state index in [4.69, 9.17) is 16.3 Å². The van der Waals surface area contributed by atoms with Gasteiger partial charge in [-0.25, -0.2) is 0 Å². The third-order valence-electron chi connectivity index (χ3n) is 4.49. The van der Waals surface area contributed by atoms with Crippen LogP contribution in [0.1, 0.15) is 37.2 Å². The lowest BCUT2D eigenvalue weighted by Crippen LogP contribution is -2.35. The molecule has 106 valence electrons. The molecule has 20 heavy (non-hydrogen) atoms. The zero-order valence-electron chi connectivity index (χ0n) is 11.1. The van der Waals surface area contributed by atoms with Crippen molar-refractivity contribution in [3.8, 4) is 0 Å². The molecule has 2 aliphatic heterocycles. The predicted molar refractivity (Wildman–Crippen MR) is 73.8 cm³/mol. The molecule has 6 heteroatoms. The van der Waals surface area contributed by atoms with Crippen LogP contribution in [0.15, 0.2) is 6.07 Å². The first-order valence-corrected chi connectivity index (χ1v) is 7.57. The van der Waals surface area contributed by atoms with Crippen LogP contribution in [-0.4, -0.2) is 35.4 Å². The Kier molecular flexibility index (Phi) is 2.93. The van der Waals surface area contributed by atoms with Gasteiger partial charge in [0.1, 0.15) is 0 Å². The minimum Gasteiger partial charge on any atom is -0.381 e. The molecule has 3 aliphatic rings. The van der Waals surface area contributed by atoms with Gasteiger partial charge in [-0.2, -0.15) is 0 Å². The maximum Gasteiger partial charge on any atom is 0.236 e. The summed E-state index contributed by atoms with van der Waals surface area (Å²) in [5.74, 6) is 1.14. The highest BCUT2D eigenvalue weighted by molar-refractivity contribution is 6.29. The molecular weight excluding hydrogens is 278 g/mol. The van der Waals surface area contributed by atoms with E-state index in [-0.39, 0.29) is 11.8 Å². The van der Waals surface area contributed by atoms with Gasteiger partial charge in [0.2, 0.25) is 5.91 Å². The van der Waals surface area contributed by atoms with Gasteiger partial charge in [0.25, 0.3) is 0 Å². The molecule has 0 spiro atoms. The Hall–Kier alpha value is -1.20. The number of fused-ring (bicyclic) bond motifs is 1. The Morgan fingerprint density at radius 2 is 1.95 bits per heavy atom. The fraction of sp³-hybridized carbons (Fsp3) is 0.643. The highest BCUT2D eigenvalue weighted by atomic mass is 35.5. The van der Waals surface area contributed by atoms with E-state index < -0.39 is 0 Å². The Labute approximate surface area is 122 Å². The van der Waals surface area contributed by atoms with Crippen LogP contribution in [0.5, 0.6) is 0 Å².